The smallest absolute Gasteiger partial charge is 0.251 e. The molecular weight excluding hydrogens is 256 g/mol. The van der Waals surface area contributed by atoms with E-state index in [2.05, 4.69) is 0 Å². The molecule has 0 aromatic rings. The quantitative estimate of drug-likeness (QED) is 0.745. The van der Waals surface area contributed by atoms with Crippen molar-refractivity contribution in [1.29, 1.82) is 0 Å². The highest BCUT2D eigenvalue weighted by Crippen LogP contribution is 2.10. The van der Waals surface area contributed by atoms with E-state index >= 15 is 0 Å². The van der Waals surface area contributed by atoms with Gasteiger partial charge in [-0.25, -0.2) is 8.42 Å². The van der Waals surface area contributed by atoms with Crippen LogP contribution in [0.5, 0.6) is 0 Å². The molecule has 1 amide bonds. The van der Waals surface area contributed by atoms with E-state index in [-0.39, 0.29) is 5.91 Å². The predicted octanol–water partition coefficient (Wildman–Crippen LogP) is -0.359. The average molecular weight is 278 g/mol. The standard InChI is InChI=1S/C11H22N2O4S/c1-3-4-5-10(14)11(15)12-6-8-13(9-7-12)18(2,16)17/h10,14H,3-9H2,1-2H3. The maximum absolute atomic E-state index is 11.9. The molecule has 1 saturated heterocycles. The third kappa shape index (κ3) is 4.22. The van der Waals surface area contributed by atoms with Crippen molar-refractivity contribution in [3.05, 3.63) is 0 Å². The van der Waals surface area contributed by atoms with Gasteiger partial charge in [0, 0.05) is 26.2 Å². The van der Waals surface area contributed by atoms with E-state index in [9.17, 15) is 18.3 Å². The van der Waals surface area contributed by atoms with Crippen LogP contribution < -0.4 is 0 Å². The first-order valence-corrected chi connectivity index (χ1v) is 8.13. The lowest BCUT2D eigenvalue weighted by atomic mass is 10.1. The predicted molar refractivity (Wildman–Crippen MR) is 68.5 cm³/mol. The van der Waals surface area contributed by atoms with E-state index in [1.165, 1.54) is 10.6 Å². The van der Waals surface area contributed by atoms with Crippen LogP contribution in [0.25, 0.3) is 0 Å². The number of carbonyl (C=O) groups is 1. The third-order valence-corrected chi connectivity index (χ3v) is 4.44. The van der Waals surface area contributed by atoms with Gasteiger partial charge >= 0.3 is 0 Å². The van der Waals surface area contributed by atoms with Gasteiger partial charge in [0.1, 0.15) is 6.10 Å². The van der Waals surface area contributed by atoms with Crippen molar-refractivity contribution in [3.63, 3.8) is 0 Å². The van der Waals surface area contributed by atoms with E-state index in [1.54, 1.807) is 4.90 Å². The Labute approximate surface area is 109 Å². The zero-order valence-electron chi connectivity index (χ0n) is 11.0. The molecule has 1 fully saturated rings. The second-order valence-electron chi connectivity index (χ2n) is 4.65. The Morgan fingerprint density at radius 2 is 1.83 bits per heavy atom. The molecule has 1 heterocycles. The maximum atomic E-state index is 11.9. The Balaban J connectivity index is 2.45. The summed E-state index contributed by atoms with van der Waals surface area (Å²) in [5.41, 5.74) is 0. The van der Waals surface area contributed by atoms with Gasteiger partial charge < -0.3 is 10.0 Å². The van der Waals surface area contributed by atoms with Crippen molar-refractivity contribution in [1.82, 2.24) is 9.21 Å². The molecule has 0 aliphatic carbocycles. The van der Waals surface area contributed by atoms with E-state index in [0.717, 1.165) is 12.8 Å². The number of hydrogen-bond donors (Lipinski definition) is 1. The highest BCUT2D eigenvalue weighted by Gasteiger charge is 2.28. The lowest BCUT2D eigenvalue weighted by Gasteiger charge is -2.34. The minimum absolute atomic E-state index is 0.281. The van der Waals surface area contributed by atoms with Crippen LogP contribution in [0.15, 0.2) is 0 Å². The van der Waals surface area contributed by atoms with Gasteiger partial charge in [0.2, 0.25) is 10.0 Å². The van der Waals surface area contributed by atoms with Crippen molar-refractivity contribution in [2.75, 3.05) is 32.4 Å². The van der Waals surface area contributed by atoms with Crippen LogP contribution in [0.3, 0.4) is 0 Å². The Morgan fingerprint density at radius 3 is 2.28 bits per heavy atom. The summed E-state index contributed by atoms with van der Waals surface area (Å²) in [4.78, 5) is 13.4. The first kappa shape index (κ1) is 15.4. The number of amides is 1. The van der Waals surface area contributed by atoms with Gasteiger partial charge in [-0.3, -0.25) is 4.79 Å². The van der Waals surface area contributed by atoms with Gasteiger partial charge in [0.05, 0.1) is 6.26 Å². The van der Waals surface area contributed by atoms with Gasteiger partial charge in [-0.05, 0) is 6.42 Å². The van der Waals surface area contributed by atoms with E-state index in [4.69, 9.17) is 0 Å². The average Bonchev–Trinajstić information content (AvgIpc) is 2.34. The number of nitrogens with zero attached hydrogens (tertiary/aromatic N) is 2. The molecule has 7 heteroatoms. The number of aliphatic hydroxyl groups is 1. The topological polar surface area (TPSA) is 77.9 Å². The Hall–Kier alpha value is -0.660. The number of hydrogen-bond acceptors (Lipinski definition) is 4. The van der Waals surface area contributed by atoms with Gasteiger partial charge in [-0.2, -0.15) is 4.31 Å². The highest BCUT2D eigenvalue weighted by atomic mass is 32.2. The number of piperazine rings is 1. The molecule has 1 atom stereocenters. The zero-order chi connectivity index (χ0) is 13.8. The third-order valence-electron chi connectivity index (χ3n) is 3.14. The first-order valence-electron chi connectivity index (χ1n) is 6.28. The van der Waals surface area contributed by atoms with Crippen molar-refractivity contribution < 1.29 is 18.3 Å². The number of rotatable bonds is 5. The minimum Gasteiger partial charge on any atom is -0.383 e. The molecule has 18 heavy (non-hydrogen) atoms. The van der Waals surface area contributed by atoms with Gasteiger partial charge in [0.15, 0.2) is 0 Å². The van der Waals surface area contributed by atoms with Crippen LogP contribution in [0, 0.1) is 0 Å². The van der Waals surface area contributed by atoms with E-state index < -0.39 is 16.1 Å². The second kappa shape index (κ2) is 6.49. The molecule has 0 spiro atoms. The summed E-state index contributed by atoms with van der Waals surface area (Å²) in [5.74, 6) is -0.281. The lowest BCUT2D eigenvalue weighted by molar-refractivity contribution is -0.141. The van der Waals surface area contributed by atoms with Crippen LogP contribution in [0.2, 0.25) is 0 Å². The van der Waals surface area contributed by atoms with Crippen molar-refractivity contribution in [2.24, 2.45) is 0 Å². The summed E-state index contributed by atoms with van der Waals surface area (Å²) in [6.07, 6.45) is 2.44. The van der Waals surface area contributed by atoms with E-state index in [1.807, 2.05) is 6.92 Å². The molecule has 1 N–H and O–H groups in total. The first-order chi connectivity index (χ1) is 8.36. The summed E-state index contributed by atoms with van der Waals surface area (Å²) < 4.78 is 24.0. The summed E-state index contributed by atoms with van der Waals surface area (Å²) in [7, 11) is -3.18. The summed E-state index contributed by atoms with van der Waals surface area (Å²) in [5, 5.41) is 9.70. The second-order valence-corrected chi connectivity index (χ2v) is 6.63. The minimum atomic E-state index is -3.18. The zero-order valence-corrected chi connectivity index (χ0v) is 11.8. The van der Waals surface area contributed by atoms with Crippen LogP contribution >= 0.6 is 0 Å². The fourth-order valence-electron chi connectivity index (χ4n) is 1.97. The number of aliphatic hydroxyl groups excluding tert-OH is 1. The normalized spacial score (nSPS) is 19.8. The van der Waals surface area contributed by atoms with E-state index in [0.29, 0.717) is 32.6 Å². The maximum Gasteiger partial charge on any atom is 0.251 e. The lowest BCUT2D eigenvalue weighted by Crippen LogP contribution is -2.52. The van der Waals surface area contributed by atoms with Crippen LogP contribution in [0.4, 0.5) is 0 Å². The number of sulfonamides is 1. The van der Waals surface area contributed by atoms with Crippen molar-refractivity contribution in [3.8, 4) is 0 Å². The van der Waals surface area contributed by atoms with Crippen LogP contribution in [-0.2, 0) is 14.8 Å². The summed E-state index contributed by atoms with van der Waals surface area (Å²) in [6, 6.07) is 0. The molecule has 0 saturated carbocycles. The largest absolute Gasteiger partial charge is 0.383 e. The molecule has 1 unspecified atom stereocenters. The summed E-state index contributed by atoms with van der Waals surface area (Å²) in [6.45, 7) is 3.34. The molecular formula is C11H22N2O4S. The van der Waals surface area contributed by atoms with Gasteiger partial charge in [0.25, 0.3) is 5.91 Å². The monoisotopic (exact) mass is 278 g/mol. The molecule has 0 aromatic carbocycles. The molecule has 0 aromatic heterocycles. The molecule has 1 rings (SSSR count). The molecule has 1 aliphatic heterocycles. The van der Waals surface area contributed by atoms with Gasteiger partial charge in [-0.1, -0.05) is 19.8 Å². The van der Waals surface area contributed by atoms with Crippen LogP contribution in [-0.4, -0.2) is 67.2 Å². The van der Waals surface area contributed by atoms with Crippen LogP contribution in [0.1, 0.15) is 26.2 Å². The fraction of sp³-hybridized carbons (Fsp3) is 0.909. The molecule has 106 valence electrons. The number of carbonyl (C=O) groups excluding carboxylic acids is 1. The molecule has 0 bridgehead atoms. The Bertz CT molecular complexity index is 375. The summed E-state index contributed by atoms with van der Waals surface area (Å²) >= 11 is 0. The molecule has 0 radical (unpaired) electrons. The fourth-order valence-corrected chi connectivity index (χ4v) is 2.80. The van der Waals surface area contributed by atoms with Crippen molar-refractivity contribution in [2.45, 2.75) is 32.3 Å². The molecule has 1 aliphatic rings. The van der Waals surface area contributed by atoms with Gasteiger partial charge in [-0.15, -0.1) is 0 Å². The molecule has 6 nitrogen and oxygen atoms in total. The van der Waals surface area contributed by atoms with Crippen molar-refractivity contribution >= 4 is 15.9 Å². The Morgan fingerprint density at radius 1 is 1.28 bits per heavy atom. The number of unbranched alkanes of at least 4 members (excludes halogenated alkanes) is 1. The SMILES string of the molecule is CCCCC(O)C(=O)N1CCN(S(C)(=O)=O)CC1. The highest BCUT2D eigenvalue weighted by molar-refractivity contribution is 7.88. The Kier molecular flexibility index (Phi) is 5.55.